The Labute approximate surface area is 192 Å². The van der Waals surface area contributed by atoms with Gasteiger partial charge < -0.3 is 16.2 Å². The van der Waals surface area contributed by atoms with Gasteiger partial charge in [-0.1, -0.05) is 78.8 Å². The molecule has 4 N–H and O–H groups in total. The van der Waals surface area contributed by atoms with Gasteiger partial charge in [-0.05, 0) is 46.9 Å². The van der Waals surface area contributed by atoms with Crippen LogP contribution in [0, 0.1) is 0 Å². The van der Waals surface area contributed by atoms with Crippen LogP contribution in [0.2, 0.25) is 0 Å². The summed E-state index contributed by atoms with van der Waals surface area (Å²) in [4.78, 5) is 24.4. The highest BCUT2D eigenvalue weighted by molar-refractivity contribution is 5.95. The van der Waals surface area contributed by atoms with Crippen LogP contribution in [0.4, 0.5) is 0 Å². The Morgan fingerprint density at radius 1 is 0.938 bits per heavy atom. The average molecular weight is 439 g/mol. The van der Waals surface area contributed by atoms with Crippen LogP contribution in [0.3, 0.4) is 0 Å². The Morgan fingerprint density at radius 2 is 1.53 bits per heavy atom. The van der Waals surface area contributed by atoms with Gasteiger partial charge in [-0.15, -0.1) is 0 Å². The van der Waals surface area contributed by atoms with Crippen LogP contribution in [-0.2, 0) is 15.6 Å². The molecule has 0 fully saturated rings. The van der Waals surface area contributed by atoms with Gasteiger partial charge in [-0.3, -0.25) is 9.59 Å². The van der Waals surface area contributed by atoms with Crippen LogP contribution in [0.15, 0.2) is 42.5 Å². The lowest BCUT2D eigenvalue weighted by molar-refractivity contribution is -0.125. The topological polar surface area (TPSA) is 95.4 Å². The summed E-state index contributed by atoms with van der Waals surface area (Å²) < 4.78 is 6.32. The van der Waals surface area contributed by atoms with E-state index in [1.807, 2.05) is 19.1 Å². The number of hydrogen-bond donors (Lipinski definition) is 2. The van der Waals surface area contributed by atoms with Crippen molar-refractivity contribution in [1.29, 1.82) is 0 Å². The molecule has 0 radical (unpaired) electrons. The molecular weight excluding hydrogens is 400 g/mol. The molecule has 5 heteroatoms. The molecule has 0 spiro atoms. The Bertz CT molecular complexity index is 979. The first-order valence-electron chi connectivity index (χ1n) is 11.4. The second-order valence-corrected chi connectivity index (χ2v) is 9.87. The normalized spacial score (nSPS) is 14.0. The van der Waals surface area contributed by atoms with Gasteiger partial charge >= 0.3 is 0 Å². The van der Waals surface area contributed by atoms with Crippen LogP contribution in [0.1, 0.15) is 94.3 Å². The number of primary amides is 2. The van der Waals surface area contributed by atoms with Crippen LogP contribution in [0.25, 0.3) is 0 Å². The van der Waals surface area contributed by atoms with Crippen molar-refractivity contribution in [2.45, 2.75) is 84.2 Å². The number of rotatable bonds is 10. The van der Waals surface area contributed by atoms with Crippen molar-refractivity contribution < 1.29 is 14.3 Å². The third kappa shape index (κ3) is 5.32. The predicted molar refractivity (Wildman–Crippen MR) is 130 cm³/mol. The first-order chi connectivity index (χ1) is 14.9. The number of hydrogen-bond acceptors (Lipinski definition) is 3. The van der Waals surface area contributed by atoms with Crippen LogP contribution >= 0.6 is 0 Å². The molecule has 2 aromatic carbocycles. The van der Waals surface area contributed by atoms with Gasteiger partial charge in [-0.2, -0.15) is 0 Å². The fourth-order valence-corrected chi connectivity index (χ4v) is 3.80. The molecule has 0 saturated carbocycles. The minimum absolute atomic E-state index is 0.0217. The van der Waals surface area contributed by atoms with E-state index in [9.17, 15) is 9.59 Å². The molecule has 0 aliphatic carbocycles. The highest BCUT2D eigenvalue weighted by atomic mass is 16.5. The summed E-state index contributed by atoms with van der Waals surface area (Å²) >= 11 is 0. The van der Waals surface area contributed by atoms with Crippen molar-refractivity contribution in [3.05, 3.63) is 64.7 Å². The van der Waals surface area contributed by atoms with Gasteiger partial charge in [-0.25, -0.2) is 0 Å². The van der Waals surface area contributed by atoms with Gasteiger partial charge in [0, 0.05) is 17.0 Å². The second-order valence-electron chi connectivity index (χ2n) is 9.87. The van der Waals surface area contributed by atoms with Crippen molar-refractivity contribution in [2.75, 3.05) is 0 Å². The summed E-state index contributed by atoms with van der Waals surface area (Å²) in [5.74, 6) is -0.954. The average Bonchev–Trinajstić information content (AvgIpc) is 2.76. The standard InChI is InChI=1S/C27H38N2O3/c1-8-26(4,5)18-14-15-22(21(16-18)27(6,7)9-2)32-23(25(29)31)17(3)19-12-10-11-13-20(19)24(28)30/h10-17,23H,8-9H2,1-7H3,(H2,28,30)(H2,29,31). The minimum atomic E-state index is -0.952. The lowest BCUT2D eigenvalue weighted by Crippen LogP contribution is -2.39. The summed E-state index contributed by atoms with van der Waals surface area (Å²) in [6.07, 6.45) is 0.956. The lowest BCUT2D eigenvalue weighted by atomic mass is 9.76. The number of amides is 2. The quantitative estimate of drug-likeness (QED) is 0.534. The van der Waals surface area contributed by atoms with Gasteiger partial charge in [0.15, 0.2) is 6.10 Å². The molecule has 32 heavy (non-hydrogen) atoms. The molecule has 0 bridgehead atoms. The molecule has 0 heterocycles. The fraction of sp³-hybridized carbons (Fsp3) is 0.481. The van der Waals surface area contributed by atoms with E-state index in [2.05, 4.69) is 53.7 Å². The molecule has 5 nitrogen and oxygen atoms in total. The maximum Gasteiger partial charge on any atom is 0.259 e. The third-order valence-electron chi connectivity index (χ3n) is 6.96. The molecule has 2 rings (SSSR count). The molecule has 2 unspecified atom stereocenters. The summed E-state index contributed by atoms with van der Waals surface area (Å²) in [6.45, 7) is 14.9. The van der Waals surface area contributed by atoms with Crippen LogP contribution in [-0.4, -0.2) is 17.9 Å². The molecule has 0 saturated heterocycles. The zero-order valence-corrected chi connectivity index (χ0v) is 20.5. The van der Waals surface area contributed by atoms with E-state index in [0.717, 1.165) is 18.4 Å². The molecule has 2 atom stereocenters. The van der Waals surface area contributed by atoms with Gasteiger partial charge in [0.2, 0.25) is 5.91 Å². The Morgan fingerprint density at radius 3 is 2.06 bits per heavy atom. The molecule has 0 aliphatic heterocycles. The highest BCUT2D eigenvalue weighted by Gasteiger charge is 2.32. The summed E-state index contributed by atoms with van der Waals surface area (Å²) in [6, 6.07) is 13.2. The van der Waals surface area contributed by atoms with Crippen LogP contribution < -0.4 is 16.2 Å². The Kier molecular flexibility index (Phi) is 7.76. The maximum atomic E-state index is 12.5. The first kappa shape index (κ1) is 25.4. The zero-order chi connectivity index (χ0) is 24.3. The zero-order valence-electron chi connectivity index (χ0n) is 20.5. The van der Waals surface area contributed by atoms with Gasteiger partial charge in [0.1, 0.15) is 5.75 Å². The fourth-order valence-electron chi connectivity index (χ4n) is 3.80. The number of ether oxygens (including phenoxy) is 1. The SMILES string of the molecule is CCC(C)(C)c1ccc(OC(C(N)=O)C(C)c2ccccc2C(N)=O)c(C(C)(C)CC)c1. The minimum Gasteiger partial charge on any atom is -0.480 e. The van der Waals surface area contributed by atoms with E-state index in [4.69, 9.17) is 16.2 Å². The largest absolute Gasteiger partial charge is 0.480 e. The number of benzene rings is 2. The lowest BCUT2D eigenvalue weighted by Gasteiger charge is -2.32. The van der Waals surface area contributed by atoms with E-state index < -0.39 is 23.8 Å². The van der Waals surface area contributed by atoms with E-state index >= 15 is 0 Å². The van der Waals surface area contributed by atoms with Gasteiger partial charge in [0.25, 0.3) is 5.91 Å². The molecule has 0 aromatic heterocycles. The van der Waals surface area contributed by atoms with Crippen molar-refractivity contribution >= 4 is 11.8 Å². The molecule has 2 aromatic rings. The monoisotopic (exact) mass is 438 g/mol. The van der Waals surface area contributed by atoms with E-state index in [0.29, 0.717) is 16.9 Å². The Balaban J connectivity index is 2.56. The third-order valence-corrected chi connectivity index (χ3v) is 6.96. The number of carbonyl (C=O) groups is 2. The van der Waals surface area contributed by atoms with E-state index in [1.165, 1.54) is 5.56 Å². The molecule has 0 aliphatic rings. The van der Waals surface area contributed by atoms with Crippen LogP contribution in [0.5, 0.6) is 5.75 Å². The van der Waals surface area contributed by atoms with Gasteiger partial charge in [0.05, 0.1) is 0 Å². The summed E-state index contributed by atoms with van der Waals surface area (Å²) in [5, 5.41) is 0. The van der Waals surface area contributed by atoms with E-state index in [1.54, 1.807) is 18.2 Å². The molecule has 174 valence electrons. The van der Waals surface area contributed by atoms with Crippen molar-refractivity contribution in [3.8, 4) is 5.75 Å². The second kappa shape index (κ2) is 9.76. The van der Waals surface area contributed by atoms with Crippen molar-refractivity contribution in [3.63, 3.8) is 0 Å². The number of nitrogens with two attached hydrogens (primary N) is 2. The summed E-state index contributed by atoms with van der Waals surface area (Å²) in [7, 11) is 0. The first-order valence-corrected chi connectivity index (χ1v) is 11.4. The predicted octanol–water partition coefficient (Wildman–Crippen LogP) is 5.20. The molecular formula is C27H38N2O3. The Hall–Kier alpha value is -2.82. The van der Waals surface area contributed by atoms with Crippen molar-refractivity contribution in [2.24, 2.45) is 11.5 Å². The molecule has 2 amide bonds. The highest BCUT2D eigenvalue weighted by Crippen LogP contribution is 2.39. The maximum absolute atomic E-state index is 12.5. The summed E-state index contributed by atoms with van der Waals surface area (Å²) in [5.41, 5.74) is 14.5. The van der Waals surface area contributed by atoms with E-state index in [-0.39, 0.29) is 10.8 Å². The smallest absolute Gasteiger partial charge is 0.259 e. The number of carbonyl (C=O) groups excluding carboxylic acids is 2. The van der Waals surface area contributed by atoms with Crippen molar-refractivity contribution in [1.82, 2.24) is 0 Å².